The summed E-state index contributed by atoms with van der Waals surface area (Å²) in [5, 5.41) is 13.4. The average Bonchev–Trinajstić information content (AvgIpc) is 3.40. The number of thioether (sulfide) groups is 1. The molecule has 154 valence electrons. The SMILES string of the molecule is CCn1c(SCc2csc(-c3ccccc3Cl)n2)nnc1C(C)Oc1ccccc1. The average molecular weight is 457 g/mol. The van der Waals surface area contributed by atoms with Crippen LogP contribution in [-0.4, -0.2) is 19.7 Å². The summed E-state index contributed by atoms with van der Waals surface area (Å²) in [7, 11) is 0. The molecule has 0 fully saturated rings. The lowest BCUT2D eigenvalue weighted by Crippen LogP contribution is -2.11. The predicted molar refractivity (Wildman–Crippen MR) is 123 cm³/mol. The molecule has 5 nitrogen and oxygen atoms in total. The molecular formula is C22H21ClN4OS2. The van der Waals surface area contributed by atoms with Crippen molar-refractivity contribution >= 4 is 34.7 Å². The molecule has 0 radical (unpaired) electrons. The third-order valence-corrected chi connectivity index (χ3v) is 6.74. The number of thiazole rings is 1. The molecule has 4 rings (SSSR count). The van der Waals surface area contributed by atoms with Crippen LogP contribution < -0.4 is 4.74 Å². The molecule has 8 heteroatoms. The van der Waals surface area contributed by atoms with Gasteiger partial charge >= 0.3 is 0 Å². The quantitative estimate of drug-likeness (QED) is 0.283. The van der Waals surface area contributed by atoms with Gasteiger partial charge in [0.05, 0.1) is 10.7 Å². The first-order chi connectivity index (χ1) is 14.7. The Hall–Kier alpha value is -2.35. The van der Waals surface area contributed by atoms with Crippen LogP contribution in [0.5, 0.6) is 5.75 Å². The Labute approximate surface area is 189 Å². The lowest BCUT2D eigenvalue weighted by atomic mass is 10.2. The van der Waals surface area contributed by atoms with E-state index in [0.29, 0.717) is 10.8 Å². The van der Waals surface area contributed by atoms with Gasteiger partial charge in [0, 0.05) is 23.2 Å². The van der Waals surface area contributed by atoms with E-state index < -0.39 is 0 Å². The van der Waals surface area contributed by atoms with Gasteiger partial charge in [-0.2, -0.15) is 0 Å². The highest BCUT2D eigenvalue weighted by molar-refractivity contribution is 7.98. The number of halogens is 1. The molecule has 2 aromatic carbocycles. The molecule has 4 aromatic rings. The van der Waals surface area contributed by atoms with E-state index in [1.165, 1.54) is 0 Å². The van der Waals surface area contributed by atoms with Gasteiger partial charge in [0.1, 0.15) is 10.8 Å². The number of benzene rings is 2. The van der Waals surface area contributed by atoms with E-state index in [2.05, 4.69) is 27.1 Å². The first-order valence-corrected chi connectivity index (χ1v) is 11.9. The maximum absolute atomic E-state index is 6.30. The number of nitrogens with zero attached hydrogens (tertiary/aromatic N) is 4. The summed E-state index contributed by atoms with van der Waals surface area (Å²) in [5.41, 5.74) is 1.96. The van der Waals surface area contributed by atoms with Crippen LogP contribution in [0.4, 0.5) is 0 Å². The van der Waals surface area contributed by atoms with Gasteiger partial charge in [-0.15, -0.1) is 21.5 Å². The Morgan fingerprint density at radius 1 is 1.10 bits per heavy atom. The van der Waals surface area contributed by atoms with Crippen LogP contribution in [0.1, 0.15) is 31.5 Å². The summed E-state index contributed by atoms with van der Waals surface area (Å²) in [6, 6.07) is 17.5. The molecule has 0 bridgehead atoms. The summed E-state index contributed by atoms with van der Waals surface area (Å²) < 4.78 is 8.12. The van der Waals surface area contributed by atoms with Gasteiger partial charge in [-0.1, -0.05) is 59.8 Å². The second-order valence-corrected chi connectivity index (χ2v) is 8.78. The van der Waals surface area contributed by atoms with Gasteiger partial charge in [-0.3, -0.25) is 0 Å². The van der Waals surface area contributed by atoms with Crippen LogP contribution in [0, 0.1) is 0 Å². The Balaban J connectivity index is 1.45. The third-order valence-electron chi connectivity index (χ3n) is 4.49. The molecule has 0 aliphatic rings. The first-order valence-electron chi connectivity index (χ1n) is 9.62. The van der Waals surface area contributed by atoms with Crippen molar-refractivity contribution in [2.75, 3.05) is 0 Å². The number of hydrogen-bond donors (Lipinski definition) is 0. The molecule has 0 aliphatic heterocycles. The summed E-state index contributed by atoms with van der Waals surface area (Å²) in [4.78, 5) is 4.74. The molecule has 30 heavy (non-hydrogen) atoms. The smallest absolute Gasteiger partial charge is 0.191 e. The monoisotopic (exact) mass is 456 g/mol. The van der Waals surface area contributed by atoms with Crippen LogP contribution >= 0.6 is 34.7 Å². The molecule has 0 spiro atoms. The van der Waals surface area contributed by atoms with Crippen LogP contribution in [-0.2, 0) is 12.3 Å². The minimum absolute atomic E-state index is 0.194. The lowest BCUT2D eigenvalue weighted by molar-refractivity contribution is 0.210. The number of aromatic nitrogens is 4. The van der Waals surface area contributed by atoms with Crippen molar-refractivity contribution < 1.29 is 4.74 Å². The molecule has 0 N–H and O–H groups in total. The third kappa shape index (κ3) is 4.69. The van der Waals surface area contributed by atoms with E-state index in [1.807, 2.05) is 61.5 Å². The predicted octanol–water partition coefficient (Wildman–Crippen LogP) is 6.51. The standard InChI is InChI=1S/C22H21ClN4OS2/c1-3-27-20(15(2)28-17-9-5-4-6-10-17)25-26-22(27)30-14-16-13-29-21(24-16)18-11-7-8-12-19(18)23/h4-13,15H,3,14H2,1-2H3. The lowest BCUT2D eigenvalue weighted by Gasteiger charge is -2.15. The first kappa shape index (κ1) is 20.9. The van der Waals surface area contributed by atoms with Crippen LogP contribution in [0.3, 0.4) is 0 Å². The molecule has 1 unspecified atom stereocenters. The van der Waals surface area contributed by atoms with Gasteiger partial charge < -0.3 is 9.30 Å². The van der Waals surface area contributed by atoms with Crippen molar-refractivity contribution in [1.82, 2.24) is 19.7 Å². The molecule has 2 heterocycles. The summed E-state index contributed by atoms with van der Waals surface area (Å²) in [6.45, 7) is 4.85. The Bertz CT molecular complexity index is 1110. The van der Waals surface area contributed by atoms with E-state index in [4.69, 9.17) is 21.3 Å². The molecule has 2 aromatic heterocycles. The van der Waals surface area contributed by atoms with Crippen molar-refractivity contribution in [1.29, 1.82) is 0 Å². The zero-order chi connectivity index (χ0) is 20.9. The van der Waals surface area contributed by atoms with Crippen LogP contribution in [0.15, 0.2) is 65.1 Å². The van der Waals surface area contributed by atoms with E-state index >= 15 is 0 Å². The minimum Gasteiger partial charge on any atom is -0.483 e. The highest BCUT2D eigenvalue weighted by Gasteiger charge is 2.19. The largest absolute Gasteiger partial charge is 0.483 e. The van der Waals surface area contributed by atoms with Crippen molar-refractivity contribution in [3.05, 3.63) is 76.5 Å². The Kier molecular flexibility index (Phi) is 6.72. The maximum atomic E-state index is 6.30. The fourth-order valence-corrected chi connectivity index (χ4v) is 5.18. The van der Waals surface area contributed by atoms with Crippen LogP contribution in [0.25, 0.3) is 10.6 Å². The molecular weight excluding hydrogens is 436 g/mol. The van der Waals surface area contributed by atoms with E-state index in [1.54, 1.807) is 23.1 Å². The maximum Gasteiger partial charge on any atom is 0.191 e. The number of ether oxygens (including phenoxy) is 1. The summed E-state index contributed by atoms with van der Waals surface area (Å²) >= 11 is 9.53. The minimum atomic E-state index is -0.194. The fourth-order valence-electron chi connectivity index (χ4n) is 3.03. The number of para-hydroxylation sites is 1. The number of hydrogen-bond acceptors (Lipinski definition) is 6. The van der Waals surface area contributed by atoms with E-state index in [-0.39, 0.29) is 6.10 Å². The van der Waals surface area contributed by atoms with Gasteiger partial charge in [-0.25, -0.2) is 4.98 Å². The Morgan fingerprint density at radius 2 is 1.87 bits per heavy atom. The highest BCUT2D eigenvalue weighted by atomic mass is 35.5. The summed E-state index contributed by atoms with van der Waals surface area (Å²) in [6.07, 6.45) is -0.194. The van der Waals surface area contributed by atoms with Crippen molar-refractivity contribution in [3.63, 3.8) is 0 Å². The second kappa shape index (κ2) is 9.64. The van der Waals surface area contributed by atoms with Gasteiger partial charge in [0.25, 0.3) is 0 Å². The van der Waals surface area contributed by atoms with Gasteiger partial charge in [0.15, 0.2) is 17.1 Å². The molecule has 0 amide bonds. The van der Waals surface area contributed by atoms with Crippen molar-refractivity contribution in [3.8, 4) is 16.3 Å². The van der Waals surface area contributed by atoms with Crippen molar-refractivity contribution in [2.24, 2.45) is 0 Å². The molecule has 0 saturated carbocycles. The summed E-state index contributed by atoms with van der Waals surface area (Å²) in [5.74, 6) is 2.35. The molecule has 0 aliphatic carbocycles. The molecule has 0 saturated heterocycles. The molecule has 1 atom stereocenters. The van der Waals surface area contributed by atoms with Crippen molar-refractivity contribution in [2.45, 2.75) is 37.4 Å². The van der Waals surface area contributed by atoms with E-state index in [0.717, 1.165) is 39.5 Å². The highest BCUT2D eigenvalue weighted by Crippen LogP contribution is 2.32. The Morgan fingerprint density at radius 3 is 2.63 bits per heavy atom. The number of rotatable bonds is 8. The van der Waals surface area contributed by atoms with E-state index in [9.17, 15) is 0 Å². The van der Waals surface area contributed by atoms with Gasteiger partial charge in [-0.05, 0) is 32.0 Å². The topological polar surface area (TPSA) is 52.8 Å². The van der Waals surface area contributed by atoms with Crippen LogP contribution in [0.2, 0.25) is 5.02 Å². The zero-order valence-corrected chi connectivity index (χ0v) is 19.0. The second-order valence-electron chi connectivity index (χ2n) is 6.57. The van der Waals surface area contributed by atoms with Gasteiger partial charge in [0.2, 0.25) is 0 Å². The normalized spacial score (nSPS) is 12.1. The fraction of sp³-hybridized carbons (Fsp3) is 0.227. The zero-order valence-electron chi connectivity index (χ0n) is 16.7.